The van der Waals surface area contributed by atoms with Crippen molar-refractivity contribution >= 4 is 34.9 Å². The molecule has 0 radical (unpaired) electrons. The van der Waals surface area contributed by atoms with Crippen LogP contribution in [0.1, 0.15) is 44.4 Å². The third-order valence-electron chi connectivity index (χ3n) is 3.20. The molecule has 1 aromatic heterocycles. The summed E-state index contributed by atoms with van der Waals surface area (Å²) in [7, 11) is 0. The number of carbonyl (C=O) groups is 2. The minimum absolute atomic E-state index is 0.0116. The van der Waals surface area contributed by atoms with Crippen molar-refractivity contribution in [3.63, 3.8) is 0 Å². The van der Waals surface area contributed by atoms with E-state index in [1.807, 2.05) is 12.3 Å². The van der Waals surface area contributed by atoms with Gasteiger partial charge in [-0.05, 0) is 6.92 Å². The predicted octanol–water partition coefficient (Wildman–Crippen LogP) is 2.15. The van der Waals surface area contributed by atoms with Crippen LogP contribution in [0.2, 0.25) is 0 Å². The Hall–Kier alpha value is -1.08. The molecule has 1 atom stereocenters. The molecular formula is C14H21N3O2S2. The average molecular weight is 327 g/mol. The van der Waals surface area contributed by atoms with Gasteiger partial charge in [0.2, 0.25) is 11.8 Å². The van der Waals surface area contributed by atoms with E-state index >= 15 is 0 Å². The maximum atomic E-state index is 12.0. The lowest BCUT2D eigenvalue weighted by Gasteiger charge is -2.17. The summed E-state index contributed by atoms with van der Waals surface area (Å²) >= 11 is 3.10. The molecule has 1 aliphatic heterocycles. The standard InChI is InChI=1S/C14H21N3O2S2/c1-9(13-16-10(6-21-13)14(2,3)4)15-11(18)5-17-8-20-7-12(17)19/h6,9H,5,7-8H2,1-4H3,(H,15,18)/t9-/m1/s1. The molecule has 0 saturated carbocycles. The minimum atomic E-state index is -0.135. The Morgan fingerprint density at radius 2 is 2.24 bits per heavy atom. The maximum absolute atomic E-state index is 12.0. The molecule has 1 N–H and O–H groups in total. The molecule has 5 nitrogen and oxygen atoms in total. The van der Waals surface area contributed by atoms with Crippen LogP contribution in [0.15, 0.2) is 5.38 Å². The second-order valence-electron chi connectivity index (χ2n) is 6.18. The lowest BCUT2D eigenvalue weighted by atomic mass is 9.93. The van der Waals surface area contributed by atoms with Gasteiger partial charge in [-0.25, -0.2) is 4.98 Å². The zero-order valence-corrected chi connectivity index (χ0v) is 14.4. The molecule has 1 fully saturated rings. The Kier molecular flexibility index (Phi) is 4.93. The summed E-state index contributed by atoms with van der Waals surface area (Å²) in [5.74, 6) is 0.981. The highest BCUT2D eigenvalue weighted by molar-refractivity contribution is 8.00. The summed E-state index contributed by atoms with van der Waals surface area (Å²) in [6, 6.07) is -0.135. The van der Waals surface area contributed by atoms with E-state index in [2.05, 4.69) is 31.1 Å². The Bertz CT molecular complexity index is 537. The summed E-state index contributed by atoms with van der Waals surface area (Å²) in [5.41, 5.74) is 1.05. The van der Waals surface area contributed by atoms with Crippen LogP contribution in [0.25, 0.3) is 0 Å². The highest BCUT2D eigenvalue weighted by Gasteiger charge is 2.24. The molecule has 2 heterocycles. The number of rotatable bonds is 4. The van der Waals surface area contributed by atoms with Crippen molar-refractivity contribution in [2.45, 2.75) is 39.2 Å². The molecule has 116 valence electrons. The fourth-order valence-corrected chi connectivity index (χ4v) is 3.85. The van der Waals surface area contributed by atoms with Crippen LogP contribution >= 0.6 is 23.1 Å². The third kappa shape index (κ3) is 4.20. The van der Waals surface area contributed by atoms with Gasteiger partial charge in [-0.2, -0.15) is 0 Å². The molecule has 0 aliphatic carbocycles. The second-order valence-corrected chi connectivity index (χ2v) is 8.02. The Balaban J connectivity index is 1.91. The van der Waals surface area contributed by atoms with Crippen LogP contribution in [0.4, 0.5) is 0 Å². The van der Waals surface area contributed by atoms with Crippen molar-refractivity contribution in [3.05, 3.63) is 16.1 Å². The van der Waals surface area contributed by atoms with Crippen LogP contribution in [0.3, 0.4) is 0 Å². The average Bonchev–Trinajstić information content (AvgIpc) is 2.98. The molecule has 21 heavy (non-hydrogen) atoms. The maximum Gasteiger partial charge on any atom is 0.240 e. The highest BCUT2D eigenvalue weighted by Crippen LogP contribution is 2.26. The molecule has 2 amide bonds. The van der Waals surface area contributed by atoms with E-state index in [0.29, 0.717) is 11.6 Å². The van der Waals surface area contributed by atoms with E-state index in [4.69, 9.17) is 0 Å². The topological polar surface area (TPSA) is 62.3 Å². The van der Waals surface area contributed by atoms with Crippen LogP contribution in [0.5, 0.6) is 0 Å². The molecule has 0 spiro atoms. The van der Waals surface area contributed by atoms with Gasteiger partial charge in [-0.1, -0.05) is 20.8 Å². The van der Waals surface area contributed by atoms with E-state index < -0.39 is 0 Å². The zero-order chi connectivity index (χ0) is 15.6. The molecule has 7 heteroatoms. The molecule has 0 aromatic carbocycles. The summed E-state index contributed by atoms with van der Waals surface area (Å²) in [6.45, 7) is 8.40. The van der Waals surface area contributed by atoms with Crippen molar-refractivity contribution in [2.75, 3.05) is 18.2 Å². The van der Waals surface area contributed by atoms with Gasteiger partial charge in [-0.3, -0.25) is 9.59 Å². The number of nitrogens with one attached hydrogen (secondary N) is 1. The summed E-state index contributed by atoms with van der Waals surface area (Å²) < 4.78 is 0. The van der Waals surface area contributed by atoms with Gasteiger partial charge in [0.1, 0.15) is 11.6 Å². The predicted molar refractivity (Wildman–Crippen MR) is 86.4 cm³/mol. The van der Waals surface area contributed by atoms with Crippen LogP contribution in [-0.2, 0) is 15.0 Å². The monoisotopic (exact) mass is 327 g/mol. The van der Waals surface area contributed by atoms with Crippen LogP contribution < -0.4 is 5.32 Å². The minimum Gasteiger partial charge on any atom is -0.346 e. The Morgan fingerprint density at radius 3 is 2.76 bits per heavy atom. The normalized spacial score (nSPS) is 17.1. The molecule has 0 bridgehead atoms. The number of amides is 2. The number of nitrogens with zero attached hydrogens (tertiary/aromatic N) is 2. The van der Waals surface area contributed by atoms with Crippen LogP contribution in [0, 0.1) is 0 Å². The van der Waals surface area contributed by atoms with Crippen molar-refractivity contribution < 1.29 is 9.59 Å². The van der Waals surface area contributed by atoms with Crippen molar-refractivity contribution in [3.8, 4) is 0 Å². The molecule has 1 aliphatic rings. The number of thioether (sulfide) groups is 1. The highest BCUT2D eigenvalue weighted by atomic mass is 32.2. The lowest BCUT2D eigenvalue weighted by Crippen LogP contribution is -2.39. The fourth-order valence-electron chi connectivity index (χ4n) is 1.89. The first-order valence-corrected chi connectivity index (χ1v) is 8.91. The number of carbonyl (C=O) groups excluding carboxylic acids is 2. The summed E-state index contributed by atoms with van der Waals surface area (Å²) in [4.78, 5) is 29.7. The van der Waals surface area contributed by atoms with Crippen molar-refractivity contribution in [2.24, 2.45) is 0 Å². The van der Waals surface area contributed by atoms with E-state index in [-0.39, 0.29) is 29.8 Å². The first-order chi connectivity index (χ1) is 9.77. The third-order valence-corrected chi connectivity index (χ3v) is 5.17. The lowest BCUT2D eigenvalue weighted by molar-refractivity contribution is -0.132. The van der Waals surface area contributed by atoms with Crippen molar-refractivity contribution in [1.82, 2.24) is 15.2 Å². The van der Waals surface area contributed by atoms with Crippen molar-refractivity contribution in [1.29, 1.82) is 0 Å². The fraction of sp³-hybridized carbons (Fsp3) is 0.643. The molecule has 1 saturated heterocycles. The summed E-state index contributed by atoms with van der Waals surface area (Å²) in [6.07, 6.45) is 0. The van der Waals surface area contributed by atoms with Gasteiger partial charge >= 0.3 is 0 Å². The Morgan fingerprint density at radius 1 is 1.52 bits per heavy atom. The molecule has 0 unspecified atom stereocenters. The number of thiazole rings is 1. The van der Waals surface area contributed by atoms with Gasteiger partial charge in [0, 0.05) is 10.8 Å². The second kappa shape index (κ2) is 6.36. The first-order valence-electron chi connectivity index (χ1n) is 6.88. The van der Waals surface area contributed by atoms with E-state index in [1.54, 1.807) is 16.2 Å². The quantitative estimate of drug-likeness (QED) is 0.920. The molecular weight excluding hydrogens is 306 g/mol. The SMILES string of the molecule is C[C@@H](NC(=O)CN1CSCC1=O)c1nc(C(C)(C)C)cs1. The number of hydrogen-bond acceptors (Lipinski definition) is 5. The van der Waals surface area contributed by atoms with Gasteiger partial charge < -0.3 is 10.2 Å². The number of hydrogen-bond donors (Lipinski definition) is 1. The molecule has 1 aromatic rings. The van der Waals surface area contributed by atoms with Gasteiger partial charge in [0.25, 0.3) is 0 Å². The Labute approximate surface area is 133 Å². The summed E-state index contributed by atoms with van der Waals surface area (Å²) in [5, 5.41) is 5.85. The first kappa shape index (κ1) is 16.3. The van der Waals surface area contributed by atoms with E-state index in [0.717, 1.165) is 10.7 Å². The smallest absolute Gasteiger partial charge is 0.240 e. The van der Waals surface area contributed by atoms with E-state index in [9.17, 15) is 9.59 Å². The van der Waals surface area contributed by atoms with Crippen LogP contribution in [-0.4, -0.2) is 39.9 Å². The number of aromatic nitrogens is 1. The van der Waals surface area contributed by atoms with Gasteiger partial charge in [0.15, 0.2) is 0 Å². The zero-order valence-electron chi connectivity index (χ0n) is 12.8. The largest absolute Gasteiger partial charge is 0.346 e. The van der Waals surface area contributed by atoms with E-state index in [1.165, 1.54) is 11.8 Å². The van der Waals surface area contributed by atoms with Gasteiger partial charge in [-0.15, -0.1) is 23.1 Å². The van der Waals surface area contributed by atoms with Gasteiger partial charge in [0.05, 0.1) is 23.4 Å². The molecule has 2 rings (SSSR count).